The van der Waals surface area contributed by atoms with E-state index in [1.807, 2.05) is 5.32 Å². The molecule has 1 aromatic carbocycles. The van der Waals surface area contributed by atoms with E-state index in [2.05, 4.69) is 5.32 Å². The van der Waals surface area contributed by atoms with Crippen LogP contribution in [0.2, 0.25) is 5.02 Å². The highest BCUT2D eigenvalue weighted by Crippen LogP contribution is 2.48. The normalized spacial score (nSPS) is 16.2. The molecule has 0 radical (unpaired) electrons. The maximum atomic E-state index is 12.7. The van der Waals surface area contributed by atoms with Gasteiger partial charge in [-0.15, -0.1) is 0 Å². The van der Waals surface area contributed by atoms with Crippen LogP contribution >= 0.6 is 11.6 Å². The van der Waals surface area contributed by atoms with Crippen molar-refractivity contribution >= 4 is 29.3 Å². The molecular formula is C12H10ClF3N2O3. The van der Waals surface area contributed by atoms with E-state index in [4.69, 9.17) is 16.7 Å². The number of hydrogen-bond donors (Lipinski definition) is 3. The maximum absolute atomic E-state index is 12.7. The van der Waals surface area contributed by atoms with Crippen molar-refractivity contribution in [3.63, 3.8) is 0 Å². The highest BCUT2D eigenvalue weighted by molar-refractivity contribution is 6.34. The lowest BCUT2D eigenvalue weighted by Crippen LogP contribution is -2.49. The van der Waals surface area contributed by atoms with Gasteiger partial charge < -0.3 is 15.7 Å². The molecule has 2 rings (SSSR count). The van der Waals surface area contributed by atoms with Gasteiger partial charge in [0.25, 0.3) is 0 Å². The molecule has 9 heteroatoms. The first-order chi connectivity index (χ1) is 9.66. The average Bonchev–Trinajstić information content (AvgIpc) is 3.08. The number of urea groups is 1. The van der Waals surface area contributed by atoms with Crippen molar-refractivity contribution in [1.29, 1.82) is 0 Å². The van der Waals surface area contributed by atoms with Gasteiger partial charge in [0.05, 0.1) is 10.7 Å². The Bertz CT molecular complexity index is 600. The second-order valence-electron chi connectivity index (χ2n) is 4.63. The van der Waals surface area contributed by atoms with Crippen LogP contribution in [-0.4, -0.2) is 28.8 Å². The molecule has 1 aliphatic rings. The Morgan fingerprint density at radius 1 is 1.29 bits per heavy atom. The molecule has 0 bridgehead atoms. The fourth-order valence-electron chi connectivity index (χ4n) is 1.82. The van der Waals surface area contributed by atoms with Crippen molar-refractivity contribution in [3.05, 3.63) is 28.8 Å². The Kier molecular flexibility index (Phi) is 3.75. The summed E-state index contributed by atoms with van der Waals surface area (Å²) in [5, 5.41) is 12.8. The molecule has 114 valence electrons. The van der Waals surface area contributed by atoms with E-state index in [1.54, 1.807) is 0 Å². The predicted octanol–water partition coefficient (Wildman–Crippen LogP) is 3.25. The van der Waals surface area contributed by atoms with Gasteiger partial charge >= 0.3 is 18.2 Å². The van der Waals surface area contributed by atoms with E-state index in [9.17, 15) is 22.8 Å². The average molecular weight is 323 g/mol. The van der Waals surface area contributed by atoms with Gasteiger partial charge in [-0.1, -0.05) is 17.7 Å². The fourth-order valence-corrected chi connectivity index (χ4v) is 2.08. The second-order valence-corrected chi connectivity index (χ2v) is 5.03. The molecule has 1 aliphatic carbocycles. The van der Waals surface area contributed by atoms with Gasteiger partial charge in [0, 0.05) is 0 Å². The molecule has 0 saturated heterocycles. The molecular weight excluding hydrogens is 313 g/mol. The van der Waals surface area contributed by atoms with Crippen LogP contribution in [0.3, 0.4) is 0 Å². The van der Waals surface area contributed by atoms with Crippen LogP contribution in [0.15, 0.2) is 18.2 Å². The van der Waals surface area contributed by atoms with Crippen LogP contribution in [0, 0.1) is 0 Å². The first-order valence-electron chi connectivity index (χ1n) is 5.84. The number of anilines is 1. The first-order valence-corrected chi connectivity index (χ1v) is 6.22. The minimum absolute atomic E-state index is 0.128. The topological polar surface area (TPSA) is 78.4 Å². The fraction of sp³-hybridized carbons (Fsp3) is 0.333. The number of nitrogens with one attached hydrogen (secondary N) is 2. The van der Waals surface area contributed by atoms with Crippen molar-refractivity contribution in [1.82, 2.24) is 5.32 Å². The lowest BCUT2D eigenvalue weighted by Gasteiger charge is -2.21. The third-order valence-corrected chi connectivity index (χ3v) is 3.44. The molecule has 0 atom stereocenters. The zero-order chi connectivity index (χ0) is 15.8. The number of carbonyl (C=O) groups excluding carboxylic acids is 1. The summed E-state index contributed by atoms with van der Waals surface area (Å²) in [5.41, 5.74) is -2.78. The standard InChI is InChI=1S/C12H10ClF3N2O3/c13-6-2-1-3-7(8(6)9(19)20)17-10(21)18-11(4-5-11)12(14,15)16/h1-3H,4-5H2,(H,19,20)(H2,17,18,21). The Balaban J connectivity index is 2.15. The monoisotopic (exact) mass is 322 g/mol. The summed E-state index contributed by atoms with van der Waals surface area (Å²) in [7, 11) is 0. The lowest BCUT2D eigenvalue weighted by atomic mass is 10.2. The number of carboxylic acid groups (broad SMARTS) is 1. The molecule has 2 amide bonds. The summed E-state index contributed by atoms with van der Waals surface area (Å²) < 4.78 is 38.1. The lowest BCUT2D eigenvalue weighted by molar-refractivity contribution is -0.162. The third kappa shape index (κ3) is 3.05. The van der Waals surface area contributed by atoms with Crippen LogP contribution in [0.1, 0.15) is 23.2 Å². The second kappa shape index (κ2) is 5.10. The van der Waals surface area contributed by atoms with Crippen molar-refractivity contribution in [2.24, 2.45) is 0 Å². The molecule has 0 spiro atoms. The van der Waals surface area contributed by atoms with Crippen molar-refractivity contribution in [2.75, 3.05) is 5.32 Å². The quantitative estimate of drug-likeness (QED) is 0.799. The number of carbonyl (C=O) groups is 2. The van der Waals surface area contributed by atoms with Gasteiger partial charge in [-0.25, -0.2) is 9.59 Å². The van der Waals surface area contributed by atoms with Gasteiger partial charge in [0.1, 0.15) is 11.1 Å². The van der Waals surface area contributed by atoms with Crippen molar-refractivity contribution in [3.8, 4) is 0 Å². The van der Waals surface area contributed by atoms with E-state index in [0.29, 0.717) is 0 Å². The molecule has 0 aliphatic heterocycles. The smallest absolute Gasteiger partial charge is 0.411 e. The number of amides is 2. The van der Waals surface area contributed by atoms with E-state index >= 15 is 0 Å². The summed E-state index contributed by atoms with van der Waals surface area (Å²) in [6.45, 7) is 0. The molecule has 21 heavy (non-hydrogen) atoms. The number of rotatable bonds is 3. The van der Waals surface area contributed by atoms with E-state index in [-0.39, 0.29) is 29.1 Å². The number of halogens is 4. The number of alkyl halides is 3. The Hall–Kier alpha value is -1.96. The predicted molar refractivity (Wildman–Crippen MR) is 68.6 cm³/mol. The molecule has 3 N–H and O–H groups in total. The molecule has 0 unspecified atom stereocenters. The van der Waals surface area contributed by atoms with Crippen LogP contribution < -0.4 is 10.6 Å². The zero-order valence-electron chi connectivity index (χ0n) is 10.4. The van der Waals surface area contributed by atoms with Gasteiger partial charge in [-0.2, -0.15) is 13.2 Å². The van der Waals surface area contributed by atoms with Gasteiger partial charge in [-0.05, 0) is 25.0 Å². The first kappa shape index (κ1) is 15.4. The maximum Gasteiger partial charge on any atom is 0.411 e. The van der Waals surface area contributed by atoms with E-state index in [1.165, 1.54) is 18.2 Å². The molecule has 1 aromatic rings. The van der Waals surface area contributed by atoms with Gasteiger partial charge in [0.2, 0.25) is 0 Å². The number of benzene rings is 1. The Labute approximate surface area is 122 Å². The molecule has 5 nitrogen and oxygen atoms in total. The van der Waals surface area contributed by atoms with Gasteiger partial charge in [-0.3, -0.25) is 0 Å². The SMILES string of the molecule is O=C(Nc1cccc(Cl)c1C(=O)O)NC1(C(F)(F)F)CC1. The highest BCUT2D eigenvalue weighted by atomic mass is 35.5. The zero-order valence-corrected chi connectivity index (χ0v) is 11.2. The Morgan fingerprint density at radius 3 is 2.38 bits per heavy atom. The molecule has 1 saturated carbocycles. The summed E-state index contributed by atoms with van der Waals surface area (Å²) in [4.78, 5) is 22.7. The highest BCUT2D eigenvalue weighted by Gasteiger charge is 2.64. The summed E-state index contributed by atoms with van der Waals surface area (Å²) >= 11 is 5.69. The van der Waals surface area contributed by atoms with Crippen molar-refractivity contribution in [2.45, 2.75) is 24.6 Å². The molecule has 0 aromatic heterocycles. The van der Waals surface area contributed by atoms with E-state index in [0.717, 1.165) is 0 Å². The summed E-state index contributed by atoms with van der Waals surface area (Å²) in [6.07, 6.45) is -4.95. The van der Waals surface area contributed by atoms with Crippen LogP contribution in [0.25, 0.3) is 0 Å². The van der Waals surface area contributed by atoms with Crippen molar-refractivity contribution < 1.29 is 27.9 Å². The number of carboxylic acids is 1. The summed E-state index contributed by atoms with van der Waals surface area (Å²) in [6, 6.07) is 2.78. The summed E-state index contributed by atoms with van der Waals surface area (Å²) in [5.74, 6) is -1.40. The third-order valence-electron chi connectivity index (χ3n) is 3.12. The minimum Gasteiger partial charge on any atom is -0.478 e. The van der Waals surface area contributed by atoms with Gasteiger partial charge in [0.15, 0.2) is 0 Å². The van der Waals surface area contributed by atoms with Crippen LogP contribution in [0.5, 0.6) is 0 Å². The van der Waals surface area contributed by atoms with Crippen LogP contribution in [0.4, 0.5) is 23.7 Å². The number of hydrogen-bond acceptors (Lipinski definition) is 2. The van der Waals surface area contributed by atoms with E-state index < -0.39 is 23.7 Å². The number of aromatic carboxylic acids is 1. The molecule has 1 fully saturated rings. The largest absolute Gasteiger partial charge is 0.478 e. The Morgan fingerprint density at radius 2 is 1.90 bits per heavy atom. The minimum atomic E-state index is -4.55. The molecule has 0 heterocycles. The van der Waals surface area contributed by atoms with Crippen LogP contribution in [-0.2, 0) is 0 Å².